The summed E-state index contributed by atoms with van der Waals surface area (Å²) in [6, 6.07) is 9.25. The Morgan fingerprint density at radius 1 is 1.23 bits per heavy atom. The molecule has 2 unspecified atom stereocenters. The first-order chi connectivity index (χ1) is 12.5. The molecule has 0 aliphatic carbocycles. The topological polar surface area (TPSA) is 57.5 Å². The van der Waals surface area contributed by atoms with Crippen molar-refractivity contribution in [2.45, 2.75) is 70.1 Å². The van der Waals surface area contributed by atoms with Crippen LogP contribution in [0.5, 0.6) is 0 Å². The zero-order valence-electron chi connectivity index (χ0n) is 15.9. The van der Waals surface area contributed by atoms with Crippen molar-refractivity contribution in [3.63, 3.8) is 0 Å². The maximum atomic E-state index is 12.5. The van der Waals surface area contributed by atoms with Gasteiger partial charge in [-0.05, 0) is 52.6 Å². The number of para-hydroxylation sites is 1. The van der Waals surface area contributed by atoms with Gasteiger partial charge in [-0.3, -0.25) is 0 Å². The fourth-order valence-electron chi connectivity index (χ4n) is 4.83. The fraction of sp³-hybridized carbons (Fsp3) is 0.571. The van der Waals surface area contributed by atoms with Crippen molar-refractivity contribution in [1.82, 2.24) is 15.5 Å². The molecule has 26 heavy (non-hydrogen) atoms. The van der Waals surface area contributed by atoms with Gasteiger partial charge in [0.15, 0.2) is 0 Å². The number of nitrogens with zero attached hydrogens (tertiary/aromatic N) is 1. The number of carbonyl (C=O) groups excluding carboxylic acids is 1. The van der Waals surface area contributed by atoms with Crippen molar-refractivity contribution in [2.24, 2.45) is 0 Å². The Morgan fingerprint density at radius 3 is 2.62 bits per heavy atom. The average molecular weight is 355 g/mol. The fourth-order valence-corrected chi connectivity index (χ4v) is 4.83. The van der Waals surface area contributed by atoms with Gasteiger partial charge in [0.05, 0.1) is 6.04 Å². The highest BCUT2D eigenvalue weighted by molar-refractivity contribution is 5.82. The second-order valence-electron chi connectivity index (χ2n) is 8.00. The number of hydrogen-bond acceptors (Lipinski definition) is 3. The second-order valence-corrected chi connectivity index (χ2v) is 8.00. The van der Waals surface area contributed by atoms with Crippen molar-refractivity contribution in [3.8, 4) is 0 Å². The van der Waals surface area contributed by atoms with Crippen LogP contribution in [0.15, 0.2) is 28.7 Å². The number of benzene rings is 1. The molecule has 2 saturated heterocycles. The quantitative estimate of drug-likeness (QED) is 0.871. The molecule has 5 nitrogen and oxygen atoms in total. The van der Waals surface area contributed by atoms with E-state index in [4.69, 9.17) is 4.42 Å². The normalized spacial score (nSPS) is 27.3. The molecule has 1 aromatic carbocycles. The Kier molecular flexibility index (Phi) is 4.65. The van der Waals surface area contributed by atoms with Crippen LogP contribution in [-0.2, 0) is 0 Å². The minimum atomic E-state index is -0.159. The van der Waals surface area contributed by atoms with E-state index in [1.807, 2.05) is 25.1 Å². The second kappa shape index (κ2) is 6.95. The number of nitrogens with one attached hydrogen (secondary N) is 2. The van der Waals surface area contributed by atoms with Gasteiger partial charge < -0.3 is 20.0 Å². The molecule has 0 spiro atoms. The summed E-state index contributed by atoms with van der Waals surface area (Å²) in [5, 5.41) is 7.38. The Bertz CT molecular complexity index is 786. The van der Waals surface area contributed by atoms with E-state index in [1.54, 1.807) is 0 Å². The van der Waals surface area contributed by atoms with Gasteiger partial charge in [0, 0.05) is 29.1 Å². The van der Waals surface area contributed by atoms with Gasteiger partial charge in [-0.25, -0.2) is 4.79 Å². The van der Waals surface area contributed by atoms with Crippen molar-refractivity contribution >= 4 is 17.0 Å². The maximum Gasteiger partial charge on any atom is 0.315 e. The van der Waals surface area contributed by atoms with Crippen LogP contribution in [0.1, 0.15) is 56.4 Å². The molecule has 2 amide bonds. The monoisotopic (exact) mass is 355 g/mol. The number of amides is 2. The van der Waals surface area contributed by atoms with Crippen LogP contribution in [0.3, 0.4) is 0 Å². The predicted octanol–water partition coefficient (Wildman–Crippen LogP) is 4.12. The number of furan rings is 1. The molecule has 5 heteroatoms. The number of carbonyl (C=O) groups is 1. The third-order valence-electron chi connectivity index (χ3n) is 6.30. The van der Waals surface area contributed by atoms with E-state index in [0.717, 1.165) is 35.1 Å². The summed E-state index contributed by atoms with van der Waals surface area (Å²) < 4.78 is 5.98. The Labute approximate surface area is 155 Å². The van der Waals surface area contributed by atoms with Crippen molar-refractivity contribution in [1.29, 1.82) is 0 Å². The van der Waals surface area contributed by atoms with E-state index >= 15 is 0 Å². The molecule has 2 N–H and O–H groups in total. The molecule has 4 rings (SSSR count). The zero-order valence-corrected chi connectivity index (χ0v) is 15.9. The summed E-state index contributed by atoms with van der Waals surface area (Å²) in [6.07, 6.45) is 5.93. The van der Waals surface area contributed by atoms with Gasteiger partial charge in [-0.1, -0.05) is 24.6 Å². The van der Waals surface area contributed by atoms with E-state index < -0.39 is 0 Å². The van der Waals surface area contributed by atoms with Gasteiger partial charge in [-0.15, -0.1) is 0 Å². The number of piperidine rings is 2. The first kappa shape index (κ1) is 17.4. The van der Waals surface area contributed by atoms with Crippen molar-refractivity contribution < 1.29 is 9.21 Å². The Balaban J connectivity index is 1.39. The lowest BCUT2D eigenvalue weighted by Gasteiger charge is -2.47. The Hall–Kier alpha value is -2.01. The molecule has 2 fully saturated rings. The molecule has 1 aromatic heterocycles. The summed E-state index contributed by atoms with van der Waals surface area (Å²) in [6.45, 7) is 4.03. The minimum Gasteiger partial charge on any atom is -0.459 e. The SMILES string of the molecule is Cc1c([C@@H](C)NC(=O)NC2CC3CCCC(C2)N3C)oc2ccccc12. The highest BCUT2D eigenvalue weighted by atomic mass is 16.3. The van der Waals surface area contributed by atoms with Gasteiger partial charge >= 0.3 is 6.03 Å². The number of hydrogen-bond donors (Lipinski definition) is 2. The van der Waals surface area contributed by atoms with Gasteiger partial charge in [0.2, 0.25) is 0 Å². The van der Waals surface area contributed by atoms with Crippen LogP contribution < -0.4 is 10.6 Å². The van der Waals surface area contributed by atoms with E-state index in [-0.39, 0.29) is 18.1 Å². The van der Waals surface area contributed by atoms with Crippen LogP contribution in [0.25, 0.3) is 11.0 Å². The molecule has 2 aliphatic rings. The first-order valence-electron chi connectivity index (χ1n) is 9.80. The molecule has 0 radical (unpaired) electrons. The molecule has 3 atom stereocenters. The lowest BCUT2D eigenvalue weighted by molar-refractivity contribution is 0.0508. The molecule has 140 valence electrons. The standard InChI is InChI=1S/C21H29N3O2/c1-13-18-9-4-5-10-19(18)26-20(13)14(2)22-21(25)23-15-11-16-7-6-8-17(12-15)24(16)3/h4-5,9-10,14-17H,6-8,11-12H2,1-3H3,(H2,22,23,25)/t14-,15?,16?,17?/m1/s1. The summed E-state index contributed by atoms with van der Waals surface area (Å²) in [4.78, 5) is 15.1. The smallest absolute Gasteiger partial charge is 0.315 e. The predicted molar refractivity (Wildman–Crippen MR) is 103 cm³/mol. The van der Waals surface area contributed by atoms with Gasteiger partial charge in [0.1, 0.15) is 11.3 Å². The van der Waals surface area contributed by atoms with E-state index in [0.29, 0.717) is 12.1 Å². The van der Waals surface area contributed by atoms with E-state index in [9.17, 15) is 4.79 Å². The summed E-state index contributed by atoms with van der Waals surface area (Å²) >= 11 is 0. The summed E-state index contributed by atoms with van der Waals surface area (Å²) in [5.41, 5.74) is 1.97. The molecule has 2 aromatic rings. The van der Waals surface area contributed by atoms with Gasteiger partial charge in [-0.2, -0.15) is 0 Å². The third kappa shape index (κ3) is 3.20. The molecule has 2 aliphatic heterocycles. The van der Waals surface area contributed by atoms with Crippen LogP contribution in [0.4, 0.5) is 4.79 Å². The van der Waals surface area contributed by atoms with Crippen molar-refractivity contribution in [2.75, 3.05) is 7.05 Å². The third-order valence-corrected chi connectivity index (χ3v) is 6.30. The largest absolute Gasteiger partial charge is 0.459 e. The Morgan fingerprint density at radius 2 is 1.92 bits per heavy atom. The number of rotatable bonds is 3. The van der Waals surface area contributed by atoms with Crippen LogP contribution in [0.2, 0.25) is 0 Å². The summed E-state index contributed by atoms with van der Waals surface area (Å²) in [5.74, 6) is 0.835. The number of fused-ring (bicyclic) bond motifs is 3. The highest BCUT2D eigenvalue weighted by Crippen LogP contribution is 2.33. The van der Waals surface area contributed by atoms with Crippen LogP contribution in [-0.4, -0.2) is 36.1 Å². The highest BCUT2D eigenvalue weighted by Gasteiger charge is 2.36. The molecular weight excluding hydrogens is 326 g/mol. The van der Waals surface area contributed by atoms with E-state index in [2.05, 4.69) is 35.6 Å². The molecular formula is C21H29N3O2. The number of urea groups is 1. The first-order valence-corrected chi connectivity index (χ1v) is 9.80. The maximum absolute atomic E-state index is 12.5. The lowest BCUT2D eigenvalue weighted by atomic mass is 9.82. The minimum absolute atomic E-state index is 0.0926. The zero-order chi connectivity index (χ0) is 18.3. The summed E-state index contributed by atoms with van der Waals surface area (Å²) in [7, 11) is 2.23. The molecule has 0 saturated carbocycles. The molecule has 3 heterocycles. The van der Waals surface area contributed by atoms with E-state index in [1.165, 1.54) is 19.3 Å². The van der Waals surface area contributed by atoms with Crippen LogP contribution in [0, 0.1) is 6.92 Å². The van der Waals surface area contributed by atoms with Crippen LogP contribution >= 0.6 is 0 Å². The number of aryl methyl sites for hydroxylation is 1. The van der Waals surface area contributed by atoms with Gasteiger partial charge in [0.25, 0.3) is 0 Å². The average Bonchev–Trinajstić information content (AvgIpc) is 2.93. The van der Waals surface area contributed by atoms with Crippen molar-refractivity contribution in [3.05, 3.63) is 35.6 Å². The molecule has 2 bridgehead atoms. The lowest BCUT2D eigenvalue weighted by Crippen LogP contribution is -2.56.